The lowest BCUT2D eigenvalue weighted by molar-refractivity contribution is -0.141. The Hall–Kier alpha value is -5.64. The summed E-state index contributed by atoms with van der Waals surface area (Å²) >= 11 is 0. The number of aromatic nitrogens is 2. The number of rotatable bonds is 11. The first-order valence-corrected chi connectivity index (χ1v) is 15.3. The van der Waals surface area contributed by atoms with Crippen molar-refractivity contribution in [2.45, 2.75) is 38.9 Å². The van der Waals surface area contributed by atoms with Crippen molar-refractivity contribution in [1.82, 2.24) is 19.6 Å². The van der Waals surface area contributed by atoms with E-state index < -0.39 is 17.9 Å². The Labute approximate surface area is 274 Å². The lowest BCUT2D eigenvalue weighted by Gasteiger charge is -2.32. The SMILES string of the molecule is COC(=O)CNC(=O)[C@H](c1cccc(OC)c1)N(Cc1ccccc1)C(=O)c1cccc(-c2nc3ccccn3c2NC(C)(C)C)c1. The molecule has 2 aromatic heterocycles. The number of amides is 2. The van der Waals surface area contributed by atoms with E-state index in [0.717, 1.165) is 22.6 Å². The van der Waals surface area contributed by atoms with Crippen molar-refractivity contribution in [3.05, 3.63) is 120 Å². The lowest BCUT2D eigenvalue weighted by Crippen LogP contribution is -2.44. The average Bonchev–Trinajstić information content (AvgIpc) is 3.44. The van der Waals surface area contributed by atoms with Crippen LogP contribution in [0.25, 0.3) is 16.9 Å². The number of nitrogens with one attached hydrogen (secondary N) is 2. The second kappa shape index (κ2) is 14.2. The molecule has 5 aromatic rings. The van der Waals surface area contributed by atoms with E-state index in [1.54, 1.807) is 36.4 Å². The molecule has 242 valence electrons. The summed E-state index contributed by atoms with van der Waals surface area (Å²) in [7, 11) is 2.78. The van der Waals surface area contributed by atoms with E-state index >= 15 is 0 Å². The Balaban J connectivity index is 1.62. The molecule has 0 bridgehead atoms. The van der Waals surface area contributed by atoms with Gasteiger partial charge in [-0.2, -0.15) is 0 Å². The maximum Gasteiger partial charge on any atom is 0.325 e. The number of methoxy groups -OCH3 is 2. The van der Waals surface area contributed by atoms with Crippen molar-refractivity contribution in [2.75, 3.05) is 26.1 Å². The van der Waals surface area contributed by atoms with E-state index in [1.165, 1.54) is 19.1 Å². The quantitative estimate of drug-likeness (QED) is 0.174. The highest BCUT2D eigenvalue weighted by Gasteiger charge is 2.33. The van der Waals surface area contributed by atoms with Crippen LogP contribution < -0.4 is 15.4 Å². The monoisotopic (exact) mass is 633 g/mol. The molecule has 0 saturated carbocycles. The maximum atomic E-state index is 14.7. The lowest BCUT2D eigenvalue weighted by atomic mass is 10.00. The number of nitrogens with zero attached hydrogens (tertiary/aromatic N) is 3. The number of imidazole rings is 1. The second-order valence-corrected chi connectivity index (χ2v) is 12.1. The minimum Gasteiger partial charge on any atom is -0.497 e. The molecule has 0 fully saturated rings. The van der Waals surface area contributed by atoms with Gasteiger partial charge in [0.25, 0.3) is 5.91 Å². The number of carbonyl (C=O) groups excluding carboxylic acids is 3. The van der Waals surface area contributed by atoms with Crippen LogP contribution in [0.15, 0.2) is 103 Å². The van der Waals surface area contributed by atoms with E-state index in [2.05, 4.69) is 31.4 Å². The van der Waals surface area contributed by atoms with E-state index in [0.29, 0.717) is 22.6 Å². The predicted octanol–water partition coefficient (Wildman–Crippen LogP) is 5.89. The third kappa shape index (κ3) is 7.78. The Morgan fingerprint density at radius 1 is 0.894 bits per heavy atom. The van der Waals surface area contributed by atoms with Gasteiger partial charge in [0.05, 0.1) is 14.2 Å². The molecule has 0 radical (unpaired) electrons. The largest absolute Gasteiger partial charge is 0.497 e. The van der Waals surface area contributed by atoms with Crippen LogP contribution in [-0.4, -0.2) is 58.4 Å². The van der Waals surface area contributed by atoms with Crippen LogP contribution in [0.4, 0.5) is 5.82 Å². The number of hydrogen-bond donors (Lipinski definition) is 2. The molecule has 0 saturated heterocycles. The second-order valence-electron chi connectivity index (χ2n) is 12.1. The number of anilines is 1. The predicted molar refractivity (Wildman–Crippen MR) is 181 cm³/mol. The van der Waals surface area contributed by atoms with Gasteiger partial charge in [-0.3, -0.25) is 18.8 Å². The van der Waals surface area contributed by atoms with Gasteiger partial charge in [0.1, 0.15) is 35.5 Å². The van der Waals surface area contributed by atoms with Crippen molar-refractivity contribution >= 4 is 29.2 Å². The Morgan fingerprint density at radius 3 is 2.36 bits per heavy atom. The molecule has 10 heteroatoms. The Morgan fingerprint density at radius 2 is 1.64 bits per heavy atom. The molecule has 2 N–H and O–H groups in total. The fourth-order valence-corrected chi connectivity index (χ4v) is 5.31. The van der Waals surface area contributed by atoms with E-state index in [1.807, 2.05) is 71.3 Å². The van der Waals surface area contributed by atoms with E-state index in [-0.39, 0.29) is 24.5 Å². The zero-order valence-corrected chi connectivity index (χ0v) is 27.2. The van der Waals surface area contributed by atoms with Gasteiger partial charge < -0.3 is 25.0 Å². The molecule has 2 heterocycles. The zero-order valence-electron chi connectivity index (χ0n) is 27.2. The van der Waals surface area contributed by atoms with Crippen LogP contribution in [0.5, 0.6) is 5.75 Å². The van der Waals surface area contributed by atoms with Gasteiger partial charge in [-0.05, 0) is 68.3 Å². The number of esters is 1. The summed E-state index contributed by atoms with van der Waals surface area (Å²) in [4.78, 5) is 47.0. The minimum absolute atomic E-state index is 0.114. The summed E-state index contributed by atoms with van der Waals surface area (Å²) in [6.07, 6.45) is 1.95. The highest BCUT2D eigenvalue weighted by Crippen LogP contribution is 2.33. The summed E-state index contributed by atoms with van der Waals surface area (Å²) < 4.78 is 12.2. The van der Waals surface area contributed by atoms with Crippen LogP contribution in [-0.2, 0) is 20.9 Å². The van der Waals surface area contributed by atoms with Crippen molar-refractivity contribution in [3.63, 3.8) is 0 Å². The van der Waals surface area contributed by atoms with Crippen molar-refractivity contribution in [2.24, 2.45) is 0 Å². The van der Waals surface area contributed by atoms with Gasteiger partial charge in [0.15, 0.2) is 0 Å². The van der Waals surface area contributed by atoms with Crippen molar-refractivity contribution in [3.8, 4) is 17.0 Å². The molecule has 2 amide bonds. The third-order valence-electron chi connectivity index (χ3n) is 7.47. The molecular weight excluding hydrogens is 594 g/mol. The van der Waals surface area contributed by atoms with Crippen LogP contribution in [0.2, 0.25) is 0 Å². The molecule has 0 aliphatic carbocycles. The summed E-state index contributed by atoms with van der Waals surface area (Å²) in [5.41, 5.74) is 3.63. The molecule has 3 aromatic carbocycles. The first kappa shape index (κ1) is 32.7. The standard InChI is InChI=1S/C37H39N5O5/c1-37(2,3)40-34-32(39-30-19-9-10-20-41(30)34)26-15-11-17-28(21-26)36(45)42(24-25-13-7-6-8-14-25)33(35(44)38-23-31(43)47-5)27-16-12-18-29(22-27)46-4/h6-22,33,40H,23-24H2,1-5H3,(H,38,44)/t33-/m0/s1. The fraction of sp³-hybridized carbons (Fsp3) is 0.243. The number of ether oxygens (including phenoxy) is 2. The first-order chi connectivity index (χ1) is 22.6. The number of benzene rings is 3. The molecule has 0 unspecified atom stereocenters. The molecule has 47 heavy (non-hydrogen) atoms. The van der Waals surface area contributed by atoms with Crippen molar-refractivity contribution in [1.29, 1.82) is 0 Å². The Bertz CT molecular complexity index is 1880. The highest BCUT2D eigenvalue weighted by atomic mass is 16.5. The van der Waals surface area contributed by atoms with Crippen LogP contribution in [0.3, 0.4) is 0 Å². The Kier molecular flexibility index (Phi) is 9.89. The van der Waals surface area contributed by atoms with Gasteiger partial charge in [0, 0.05) is 29.4 Å². The number of pyridine rings is 1. The topological polar surface area (TPSA) is 114 Å². The molecule has 5 rings (SSSR count). The molecule has 0 spiro atoms. The first-order valence-electron chi connectivity index (χ1n) is 15.3. The van der Waals surface area contributed by atoms with Gasteiger partial charge in [0.2, 0.25) is 5.91 Å². The number of fused-ring (bicyclic) bond motifs is 1. The zero-order chi connectivity index (χ0) is 33.6. The van der Waals surface area contributed by atoms with E-state index in [9.17, 15) is 14.4 Å². The maximum absolute atomic E-state index is 14.7. The number of carbonyl (C=O) groups is 3. The summed E-state index contributed by atoms with van der Waals surface area (Å²) in [6, 6.07) is 28.4. The van der Waals surface area contributed by atoms with E-state index in [4.69, 9.17) is 14.5 Å². The number of hydrogen-bond acceptors (Lipinski definition) is 7. The summed E-state index contributed by atoms with van der Waals surface area (Å²) in [5.74, 6) is -0.209. The molecule has 0 aliphatic rings. The average molecular weight is 634 g/mol. The molecular formula is C37H39N5O5. The van der Waals surface area contributed by atoms with Gasteiger partial charge in [-0.1, -0.05) is 60.7 Å². The van der Waals surface area contributed by atoms with Crippen molar-refractivity contribution < 1.29 is 23.9 Å². The molecule has 0 aliphatic heterocycles. The van der Waals surface area contributed by atoms with Gasteiger partial charge in [-0.15, -0.1) is 0 Å². The van der Waals surface area contributed by atoms with Crippen LogP contribution in [0, 0.1) is 0 Å². The smallest absolute Gasteiger partial charge is 0.325 e. The summed E-state index contributed by atoms with van der Waals surface area (Å²) in [6.45, 7) is 5.98. The normalized spacial score (nSPS) is 11.9. The van der Waals surface area contributed by atoms with Crippen LogP contribution >= 0.6 is 0 Å². The summed E-state index contributed by atoms with van der Waals surface area (Å²) in [5, 5.41) is 6.23. The molecule has 10 nitrogen and oxygen atoms in total. The third-order valence-corrected chi connectivity index (χ3v) is 7.47. The van der Waals surface area contributed by atoms with Crippen LogP contribution in [0.1, 0.15) is 48.3 Å². The highest BCUT2D eigenvalue weighted by molar-refractivity contribution is 5.99. The minimum atomic E-state index is -1.11. The van der Waals surface area contributed by atoms with Gasteiger partial charge in [-0.25, -0.2) is 4.98 Å². The van der Waals surface area contributed by atoms with Gasteiger partial charge >= 0.3 is 5.97 Å². The molecule has 1 atom stereocenters. The fourth-order valence-electron chi connectivity index (χ4n) is 5.31.